The zero-order valence-electron chi connectivity index (χ0n) is 10.1. The van der Waals surface area contributed by atoms with Crippen LogP contribution in [-0.2, 0) is 4.79 Å². The Morgan fingerprint density at radius 1 is 1.50 bits per heavy atom. The van der Waals surface area contributed by atoms with Gasteiger partial charge in [0.05, 0.1) is 0 Å². The minimum Gasteiger partial charge on any atom is -0.389 e. The van der Waals surface area contributed by atoms with Crippen LogP contribution in [0.2, 0.25) is 0 Å². The Kier molecular flexibility index (Phi) is 6.07. The summed E-state index contributed by atoms with van der Waals surface area (Å²) in [6.07, 6.45) is 0.414. The average molecular weight is 330 g/mol. The molecule has 0 saturated heterocycles. The fraction of sp³-hybridized carbons (Fsp3) is 0.333. The number of amides is 1. The summed E-state index contributed by atoms with van der Waals surface area (Å²) >= 11 is 8.42. The van der Waals surface area contributed by atoms with E-state index in [0.29, 0.717) is 24.5 Å². The summed E-state index contributed by atoms with van der Waals surface area (Å²) in [5, 5.41) is 5.91. The van der Waals surface area contributed by atoms with E-state index in [1.807, 2.05) is 25.1 Å². The normalized spacial score (nSPS) is 9.89. The first-order valence-corrected chi connectivity index (χ1v) is 6.85. The second-order valence-electron chi connectivity index (χ2n) is 3.66. The lowest BCUT2D eigenvalue weighted by molar-refractivity contribution is -0.120. The van der Waals surface area contributed by atoms with Crippen molar-refractivity contribution in [3.63, 3.8) is 0 Å². The van der Waals surface area contributed by atoms with Crippen LogP contribution in [0.25, 0.3) is 0 Å². The minimum absolute atomic E-state index is 0.0249. The maximum Gasteiger partial charge on any atom is 0.221 e. The SMILES string of the molecule is CCNC(=O)CCNc1cccc(Br)c1C(N)=S. The van der Waals surface area contributed by atoms with Gasteiger partial charge in [0.15, 0.2) is 0 Å². The van der Waals surface area contributed by atoms with Crippen LogP contribution in [0.3, 0.4) is 0 Å². The Morgan fingerprint density at radius 3 is 2.83 bits per heavy atom. The van der Waals surface area contributed by atoms with E-state index in [9.17, 15) is 4.79 Å². The highest BCUT2D eigenvalue weighted by Gasteiger charge is 2.09. The molecule has 0 saturated carbocycles. The Balaban J connectivity index is 2.65. The van der Waals surface area contributed by atoms with Gasteiger partial charge in [-0.05, 0) is 35.0 Å². The number of benzene rings is 1. The highest BCUT2D eigenvalue weighted by atomic mass is 79.9. The molecule has 1 aromatic carbocycles. The molecule has 0 aliphatic heterocycles. The molecule has 18 heavy (non-hydrogen) atoms. The molecule has 1 rings (SSSR count). The van der Waals surface area contributed by atoms with Crippen molar-refractivity contribution in [3.05, 3.63) is 28.2 Å². The topological polar surface area (TPSA) is 67.2 Å². The molecule has 98 valence electrons. The highest BCUT2D eigenvalue weighted by molar-refractivity contribution is 9.10. The van der Waals surface area contributed by atoms with Crippen LogP contribution in [0, 0.1) is 0 Å². The van der Waals surface area contributed by atoms with E-state index in [0.717, 1.165) is 15.7 Å². The molecule has 0 radical (unpaired) electrons. The average Bonchev–Trinajstić information content (AvgIpc) is 2.28. The summed E-state index contributed by atoms with van der Waals surface area (Å²) < 4.78 is 0.845. The molecule has 0 bridgehead atoms. The lowest BCUT2D eigenvalue weighted by Gasteiger charge is -2.12. The van der Waals surface area contributed by atoms with E-state index in [2.05, 4.69) is 26.6 Å². The highest BCUT2D eigenvalue weighted by Crippen LogP contribution is 2.24. The van der Waals surface area contributed by atoms with Gasteiger partial charge in [0.2, 0.25) is 5.91 Å². The van der Waals surface area contributed by atoms with Crippen molar-refractivity contribution in [2.75, 3.05) is 18.4 Å². The number of anilines is 1. The summed E-state index contributed by atoms with van der Waals surface area (Å²) in [5.41, 5.74) is 7.28. The summed E-state index contributed by atoms with van der Waals surface area (Å²) in [6, 6.07) is 5.65. The molecule has 1 aromatic rings. The van der Waals surface area contributed by atoms with Crippen molar-refractivity contribution in [2.45, 2.75) is 13.3 Å². The minimum atomic E-state index is 0.0249. The van der Waals surface area contributed by atoms with Crippen LogP contribution in [-0.4, -0.2) is 24.0 Å². The van der Waals surface area contributed by atoms with Crippen molar-refractivity contribution >= 4 is 44.7 Å². The molecule has 0 fully saturated rings. The maximum atomic E-state index is 11.3. The van der Waals surface area contributed by atoms with Gasteiger partial charge in [-0.3, -0.25) is 4.79 Å². The van der Waals surface area contributed by atoms with Crippen molar-refractivity contribution in [1.82, 2.24) is 5.32 Å². The maximum absolute atomic E-state index is 11.3. The first-order chi connectivity index (χ1) is 8.56. The van der Waals surface area contributed by atoms with Gasteiger partial charge in [0.25, 0.3) is 0 Å². The molecule has 4 N–H and O–H groups in total. The first-order valence-electron chi connectivity index (χ1n) is 5.65. The molecule has 0 heterocycles. The number of carbonyl (C=O) groups is 1. The molecule has 0 unspecified atom stereocenters. The van der Waals surface area contributed by atoms with Crippen molar-refractivity contribution < 1.29 is 4.79 Å². The van der Waals surface area contributed by atoms with E-state index in [1.165, 1.54) is 0 Å². The lowest BCUT2D eigenvalue weighted by atomic mass is 10.1. The molecule has 0 aliphatic rings. The molecule has 0 aromatic heterocycles. The van der Waals surface area contributed by atoms with Crippen molar-refractivity contribution in [1.29, 1.82) is 0 Å². The van der Waals surface area contributed by atoms with Crippen LogP contribution in [0.15, 0.2) is 22.7 Å². The Morgan fingerprint density at radius 2 is 2.22 bits per heavy atom. The van der Waals surface area contributed by atoms with E-state index >= 15 is 0 Å². The van der Waals surface area contributed by atoms with Crippen molar-refractivity contribution in [2.24, 2.45) is 5.73 Å². The fourth-order valence-corrected chi connectivity index (χ4v) is 2.45. The number of hydrogen-bond acceptors (Lipinski definition) is 3. The van der Waals surface area contributed by atoms with E-state index in [1.54, 1.807) is 0 Å². The Labute approximate surface area is 120 Å². The molecular formula is C12H16BrN3OS. The standard InChI is InChI=1S/C12H16BrN3OS/c1-2-15-10(17)6-7-16-9-5-3-4-8(13)11(9)12(14)18/h3-5,16H,2,6-7H2,1H3,(H2,14,18)(H,15,17). The third kappa shape index (κ3) is 4.27. The molecule has 4 nitrogen and oxygen atoms in total. The number of nitrogens with two attached hydrogens (primary N) is 1. The third-order valence-electron chi connectivity index (χ3n) is 2.30. The van der Waals surface area contributed by atoms with Crippen LogP contribution < -0.4 is 16.4 Å². The fourth-order valence-electron chi connectivity index (χ4n) is 1.52. The number of halogens is 1. The van der Waals surface area contributed by atoms with E-state index in [4.69, 9.17) is 18.0 Å². The summed E-state index contributed by atoms with van der Waals surface area (Å²) in [5.74, 6) is 0.0249. The Bertz CT molecular complexity index is 451. The molecule has 0 aliphatic carbocycles. The quantitative estimate of drug-likeness (QED) is 0.698. The van der Waals surface area contributed by atoms with Gasteiger partial charge < -0.3 is 16.4 Å². The molecular weight excluding hydrogens is 314 g/mol. The van der Waals surface area contributed by atoms with Crippen LogP contribution in [0.5, 0.6) is 0 Å². The van der Waals surface area contributed by atoms with Gasteiger partial charge in [-0.15, -0.1) is 0 Å². The number of rotatable bonds is 6. The summed E-state index contributed by atoms with van der Waals surface area (Å²) in [6.45, 7) is 3.08. The monoisotopic (exact) mass is 329 g/mol. The molecule has 6 heteroatoms. The molecule has 0 spiro atoms. The number of carbonyl (C=O) groups excluding carboxylic acids is 1. The van der Waals surface area contributed by atoms with Crippen molar-refractivity contribution in [3.8, 4) is 0 Å². The van der Waals surface area contributed by atoms with Crippen LogP contribution >= 0.6 is 28.1 Å². The second kappa shape index (κ2) is 7.33. The zero-order chi connectivity index (χ0) is 13.5. The smallest absolute Gasteiger partial charge is 0.221 e. The van der Waals surface area contributed by atoms with Gasteiger partial charge in [-0.1, -0.05) is 18.3 Å². The van der Waals surface area contributed by atoms with Crippen LogP contribution in [0.4, 0.5) is 5.69 Å². The van der Waals surface area contributed by atoms with Gasteiger partial charge in [0, 0.05) is 35.2 Å². The van der Waals surface area contributed by atoms with E-state index in [-0.39, 0.29) is 5.91 Å². The van der Waals surface area contributed by atoms with Crippen LogP contribution in [0.1, 0.15) is 18.9 Å². The lowest BCUT2D eigenvalue weighted by Crippen LogP contribution is -2.25. The predicted octanol–water partition coefficient (Wildman–Crippen LogP) is 2.02. The van der Waals surface area contributed by atoms with Gasteiger partial charge in [0.1, 0.15) is 4.99 Å². The largest absolute Gasteiger partial charge is 0.389 e. The second-order valence-corrected chi connectivity index (χ2v) is 4.95. The summed E-state index contributed by atoms with van der Waals surface area (Å²) in [7, 11) is 0. The number of nitrogens with one attached hydrogen (secondary N) is 2. The number of thiocarbonyl (C=S) groups is 1. The zero-order valence-corrected chi connectivity index (χ0v) is 12.5. The van der Waals surface area contributed by atoms with E-state index < -0.39 is 0 Å². The Hall–Kier alpha value is -1.14. The van der Waals surface area contributed by atoms with Gasteiger partial charge >= 0.3 is 0 Å². The summed E-state index contributed by atoms with van der Waals surface area (Å²) in [4.78, 5) is 11.6. The third-order valence-corrected chi connectivity index (χ3v) is 3.17. The molecule has 0 atom stereocenters. The molecule has 1 amide bonds. The van der Waals surface area contributed by atoms with Gasteiger partial charge in [-0.2, -0.15) is 0 Å². The first kappa shape index (κ1) is 14.9. The predicted molar refractivity (Wildman–Crippen MR) is 81.8 cm³/mol. The number of hydrogen-bond donors (Lipinski definition) is 3. The van der Waals surface area contributed by atoms with Gasteiger partial charge in [-0.25, -0.2) is 0 Å².